The van der Waals surface area contributed by atoms with Crippen molar-refractivity contribution in [3.8, 4) is 5.75 Å². The van der Waals surface area contributed by atoms with Gasteiger partial charge in [-0.3, -0.25) is 14.9 Å². The molecule has 0 radical (unpaired) electrons. The lowest BCUT2D eigenvalue weighted by molar-refractivity contribution is -0.384. The third kappa shape index (κ3) is 5.59. The van der Waals surface area contributed by atoms with Crippen molar-refractivity contribution in [3.05, 3.63) is 57.6 Å². The molecule has 0 aliphatic rings. The van der Waals surface area contributed by atoms with Crippen LogP contribution in [0.1, 0.15) is 6.92 Å². The standard InChI is InChI=1S/C18H16ClN5O4S2/c1-10(16(25)21-15-7-6-12(24(26)27)9-14(15)19)29-18-23-22-17(30-18)20-11-4-3-5-13(8-11)28-2/h3-10H,1-2H3,(H,20,22)(H,21,25). The van der Waals surface area contributed by atoms with Crippen molar-refractivity contribution in [2.75, 3.05) is 17.7 Å². The van der Waals surface area contributed by atoms with E-state index < -0.39 is 10.2 Å². The van der Waals surface area contributed by atoms with E-state index in [0.717, 1.165) is 5.69 Å². The number of nitrogens with zero attached hydrogens (tertiary/aromatic N) is 3. The number of hydrogen-bond acceptors (Lipinski definition) is 9. The summed E-state index contributed by atoms with van der Waals surface area (Å²) >= 11 is 8.57. The number of ether oxygens (including phenoxy) is 1. The van der Waals surface area contributed by atoms with Crippen LogP contribution < -0.4 is 15.4 Å². The number of nitrogens with one attached hydrogen (secondary N) is 2. The average Bonchev–Trinajstić information content (AvgIpc) is 3.16. The second kappa shape index (κ2) is 9.74. The molecule has 0 aliphatic heterocycles. The molecule has 0 saturated carbocycles. The number of methoxy groups -OCH3 is 1. The summed E-state index contributed by atoms with van der Waals surface area (Å²) in [6, 6.07) is 11.3. The number of nitro groups is 1. The summed E-state index contributed by atoms with van der Waals surface area (Å²) in [4.78, 5) is 22.7. The van der Waals surface area contributed by atoms with Crippen LogP contribution in [0.2, 0.25) is 5.02 Å². The molecule has 2 N–H and O–H groups in total. The van der Waals surface area contributed by atoms with E-state index in [2.05, 4.69) is 20.8 Å². The molecule has 1 aromatic heterocycles. The van der Waals surface area contributed by atoms with Gasteiger partial charge in [0.1, 0.15) is 5.75 Å². The number of anilines is 3. The van der Waals surface area contributed by atoms with E-state index in [-0.39, 0.29) is 16.6 Å². The van der Waals surface area contributed by atoms with E-state index in [1.165, 1.54) is 41.3 Å². The van der Waals surface area contributed by atoms with Crippen LogP contribution in [0.25, 0.3) is 0 Å². The van der Waals surface area contributed by atoms with Crippen LogP contribution in [-0.2, 0) is 4.79 Å². The predicted octanol–water partition coefficient (Wildman–Crippen LogP) is 4.97. The van der Waals surface area contributed by atoms with Gasteiger partial charge >= 0.3 is 0 Å². The number of non-ortho nitro benzene ring substituents is 1. The molecule has 1 atom stereocenters. The summed E-state index contributed by atoms with van der Waals surface area (Å²) in [7, 11) is 1.59. The first-order valence-electron chi connectivity index (χ1n) is 8.51. The van der Waals surface area contributed by atoms with E-state index in [1.54, 1.807) is 14.0 Å². The number of hydrogen-bond donors (Lipinski definition) is 2. The van der Waals surface area contributed by atoms with Gasteiger partial charge in [0.25, 0.3) is 5.69 Å². The van der Waals surface area contributed by atoms with Gasteiger partial charge in [-0.05, 0) is 25.1 Å². The molecule has 12 heteroatoms. The first kappa shape index (κ1) is 21.8. The fraction of sp³-hybridized carbons (Fsp3) is 0.167. The van der Waals surface area contributed by atoms with E-state index in [0.29, 0.717) is 20.9 Å². The van der Waals surface area contributed by atoms with E-state index >= 15 is 0 Å². The minimum atomic E-state index is -0.553. The monoisotopic (exact) mass is 465 g/mol. The van der Waals surface area contributed by atoms with Gasteiger partial charge in [-0.25, -0.2) is 0 Å². The minimum absolute atomic E-state index is 0.0930. The lowest BCUT2D eigenvalue weighted by atomic mass is 10.2. The number of carbonyl (C=O) groups is 1. The molecule has 1 unspecified atom stereocenters. The molecule has 0 spiro atoms. The first-order valence-corrected chi connectivity index (χ1v) is 10.6. The second-order valence-electron chi connectivity index (χ2n) is 5.90. The van der Waals surface area contributed by atoms with Crippen LogP contribution in [0.15, 0.2) is 46.8 Å². The Morgan fingerprint density at radius 2 is 2.10 bits per heavy atom. The van der Waals surface area contributed by atoms with Crippen molar-refractivity contribution in [1.29, 1.82) is 0 Å². The first-order chi connectivity index (χ1) is 14.4. The fourth-order valence-electron chi connectivity index (χ4n) is 2.29. The SMILES string of the molecule is COc1cccc(Nc2nnc(SC(C)C(=O)Nc3ccc([N+](=O)[O-])cc3Cl)s2)c1. The van der Waals surface area contributed by atoms with Gasteiger partial charge in [0.2, 0.25) is 11.0 Å². The highest BCUT2D eigenvalue weighted by atomic mass is 35.5. The highest BCUT2D eigenvalue weighted by Crippen LogP contribution is 2.32. The number of thioether (sulfide) groups is 1. The van der Waals surface area contributed by atoms with Crippen molar-refractivity contribution >= 4 is 62.8 Å². The summed E-state index contributed by atoms with van der Waals surface area (Å²) in [5.41, 5.74) is 0.961. The van der Waals surface area contributed by atoms with Gasteiger partial charge < -0.3 is 15.4 Å². The van der Waals surface area contributed by atoms with E-state index in [1.807, 2.05) is 24.3 Å². The molecule has 30 heavy (non-hydrogen) atoms. The summed E-state index contributed by atoms with van der Waals surface area (Å²) in [5.74, 6) is 0.405. The van der Waals surface area contributed by atoms with Gasteiger partial charge in [-0.1, -0.05) is 40.8 Å². The van der Waals surface area contributed by atoms with Crippen molar-refractivity contribution in [2.24, 2.45) is 0 Å². The van der Waals surface area contributed by atoms with Crippen LogP contribution in [0, 0.1) is 10.1 Å². The van der Waals surface area contributed by atoms with Crippen LogP contribution in [0.4, 0.5) is 22.2 Å². The average molecular weight is 466 g/mol. The Bertz CT molecular complexity index is 1080. The Kier molecular flexibility index (Phi) is 7.08. The molecule has 0 bridgehead atoms. The van der Waals surface area contributed by atoms with Crippen LogP contribution in [-0.4, -0.2) is 33.4 Å². The van der Waals surface area contributed by atoms with E-state index in [9.17, 15) is 14.9 Å². The highest BCUT2D eigenvalue weighted by molar-refractivity contribution is 8.02. The fourth-order valence-corrected chi connectivity index (χ4v) is 4.43. The lowest BCUT2D eigenvalue weighted by Gasteiger charge is -2.11. The maximum Gasteiger partial charge on any atom is 0.271 e. The second-order valence-corrected chi connectivity index (χ2v) is 8.87. The number of benzene rings is 2. The summed E-state index contributed by atoms with van der Waals surface area (Å²) < 4.78 is 5.80. The van der Waals surface area contributed by atoms with Crippen molar-refractivity contribution in [1.82, 2.24) is 10.2 Å². The van der Waals surface area contributed by atoms with Gasteiger partial charge in [0.15, 0.2) is 4.34 Å². The van der Waals surface area contributed by atoms with Crippen LogP contribution in [0.3, 0.4) is 0 Å². The summed E-state index contributed by atoms with van der Waals surface area (Å²) in [6.07, 6.45) is 0. The van der Waals surface area contributed by atoms with Gasteiger partial charge in [-0.15, -0.1) is 10.2 Å². The molecule has 1 heterocycles. The molecule has 0 fully saturated rings. The van der Waals surface area contributed by atoms with Gasteiger partial charge in [0, 0.05) is 23.9 Å². The highest BCUT2D eigenvalue weighted by Gasteiger charge is 2.19. The number of rotatable bonds is 8. The quantitative estimate of drug-likeness (QED) is 0.272. The number of aromatic nitrogens is 2. The number of halogens is 1. The Balaban J connectivity index is 1.60. The zero-order chi connectivity index (χ0) is 21.7. The summed E-state index contributed by atoms with van der Waals surface area (Å²) in [5, 5.41) is 24.9. The summed E-state index contributed by atoms with van der Waals surface area (Å²) in [6.45, 7) is 1.72. The Labute approximate surface area is 185 Å². The molecule has 1 amide bonds. The van der Waals surface area contributed by atoms with Gasteiger partial charge in [0.05, 0.1) is 28.0 Å². The van der Waals surface area contributed by atoms with Crippen LogP contribution >= 0.6 is 34.7 Å². The Morgan fingerprint density at radius 1 is 1.30 bits per heavy atom. The van der Waals surface area contributed by atoms with Crippen molar-refractivity contribution in [2.45, 2.75) is 16.5 Å². The zero-order valence-electron chi connectivity index (χ0n) is 15.8. The largest absolute Gasteiger partial charge is 0.497 e. The van der Waals surface area contributed by atoms with Crippen LogP contribution in [0.5, 0.6) is 5.75 Å². The maximum absolute atomic E-state index is 12.5. The zero-order valence-corrected chi connectivity index (χ0v) is 18.2. The number of nitro benzene ring substituents is 1. The number of amides is 1. The lowest BCUT2D eigenvalue weighted by Crippen LogP contribution is -2.22. The normalized spacial score (nSPS) is 11.6. The smallest absolute Gasteiger partial charge is 0.271 e. The maximum atomic E-state index is 12.5. The molecule has 156 valence electrons. The molecule has 3 aromatic rings. The minimum Gasteiger partial charge on any atom is -0.497 e. The molecular formula is C18H16ClN5O4S2. The third-order valence-corrected chi connectivity index (χ3v) is 6.13. The van der Waals surface area contributed by atoms with E-state index in [4.69, 9.17) is 16.3 Å². The van der Waals surface area contributed by atoms with Gasteiger partial charge in [-0.2, -0.15) is 0 Å². The Morgan fingerprint density at radius 3 is 2.80 bits per heavy atom. The van der Waals surface area contributed by atoms with Crippen molar-refractivity contribution < 1.29 is 14.5 Å². The third-order valence-electron chi connectivity index (χ3n) is 3.80. The topological polar surface area (TPSA) is 119 Å². The molecule has 9 nitrogen and oxygen atoms in total. The number of carbonyl (C=O) groups excluding carboxylic acids is 1. The molecular weight excluding hydrogens is 450 g/mol. The Hall–Kier alpha value is -2.89. The molecule has 0 saturated heterocycles. The molecule has 3 rings (SSSR count). The molecule has 0 aliphatic carbocycles. The van der Waals surface area contributed by atoms with Crippen molar-refractivity contribution in [3.63, 3.8) is 0 Å². The predicted molar refractivity (Wildman–Crippen MR) is 118 cm³/mol. The molecule has 2 aromatic carbocycles.